The largest absolute Gasteiger partial charge is 0.331 e. The molecule has 0 aliphatic carbocycles. The van der Waals surface area contributed by atoms with Crippen molar-refractivity contribution in [3.8, 4) is 0 Å². The molecule has 0 saturated carbocycles. The molecule has 5 nitrogen and oxygen atoms in total. The molecule has 0 saturated heterocycles. The summed E-state index contributed by atoms with van der Waals surface area (Å²) < 4.78 is 0. The number of urea groups is 1. The van der Waals surface area contributed by atoms with Gasteiger partial charge in [-0.3, -0.25) is 4.79 Å². The topological polar surface area (TPSA) is 70.2 Å². The van der Waals surface area contributed by atoms with Crippen LogP contribution in [0.5, 0.6) is 0 Å². The normalized spacial score (nSPS) is 11.5. The lowest BCUT2D eigenvalue weighted by molar-refractivity contribution is -0.114. The summed E-state index contributed by atoms with van der Waals surface area (Å²) in [6.45, 7) is 3.26. The lowest BCUT2D eigenvalue weighted by atomic mass is 10.1. The Morgan fingerprint density at radius 2 is 1.54 bits per heavy atom. The van der Waals surface area contributed by atoms with Gasteiger partial charge in [-0.1, -0.05) is 29.3 Å². The number of hydrogen-bond donors (Lipinski definition) is 3. The number of carbonyl (C=O) groups excluding carboxylic acids is 2. The van der Waals surface area contributed by atoms with Gasteiger partial charge < -0.3 is 16.0 Å². The maximum absolute atomic E-state index is 12.1. The van der Waals surface area contributed by atoms with Crippen LogP contribution in [0.3, 0.4) is 0 Å². The first-order valence-corrected chi connectivity index (χ1v) is 8.01. The highest BCUT2D eigenvalue weighted by Crippen LogP contribution is 2.26. The Morgan fingerprint density at radius 1 is 0.958 bits per heavy atom. The van der Waals surface area contributed by atoms with Crippen LogP contribution in [0, 0.1) is 0 Å². The molecule has 1 atom stereocenters. The van der Waals surface area contributed by atoms with Gasteiger partial charge in [0.15, 0.2) is 0 Å². The SMILES string of the molecule is CC(=O)Nc1ccc(NC(=O)NC(C)c2ccc(Cl)cc2Cl)cc1. The zero-order valence-electron chi connectivity index (χ0n) is 13.2. The van der Waals surface area contributed by atoms with Crippen LogP contribution in [-0.4, -0.2) is 11.9 Å². The van der Waals surface area contributed by atoms with E-state index in [0.717, 1.165) is 5.56 Å². The molecule has 3 N–H and O–H groups in total. The van der Waals surface area contributed by atoms with Crippen molar-refractivity contribution in [2.75, 3.05) is 10.6 Å². The van der Waals surface area contributed by atoms with Gasteiger partial charge in [-0.15, -0.1) is 0 Å². The summed E-state index contributed by atoms with van der Waals surface area (Å²) in [7, 11) is 0. The van der Waals surface area contributed by atoms with Crippen molar-refractivity contribution >= 4 is 46.5 Å². The molecular weight excluding hydrogens is 349 g/mol. The number of carbonyl (C=O) groups is 2. The molecule has 0 heterocycles. The van der Waals surface area contributed by atoms with Gasteiger partial charge in [0.05, 0.1) is 6.04 Å². The summed E-state index contributed by atoms with van der Waals surface area (Å²) in [6, 6.07) is 11.3. The van der Waals surface area contributed by atoms with Crippen molar-refractivity contribution in [3.63, 3.8) is 0 Å². The monoisotopic (exact) mass is 365 g/mol. The molecule has 0 fully saturated rings. The molecule has 1 unspecified atom stereocenters. The van der Waals surface area contributed by atoms with Crippen LogP contribution in [0.15, 0.2) is 42.5 Å². The Balaban J connectivity index is 1.96. The van der Waals surface area contributed by atoms with Crippen molar-refractivity contribution in [1.29, 1.82) is 0 Å². The Kier molecular flexibility index (Phi) is 6.06. The Hall–Kier alpha value is -2.24. The second kappa shape index (κ2) is 8.04. The van der Waals surface area contributed by atoms with Gasteiger partial charge >= 0.3 is 6.03 Å². The number of benzene rings is 2. The average Bonchev–Trinajstić information content (AvgIpc) is 2.48. The molecule has 0 radical (unpaired) electrons. The summed E-state index contributed by atoms with van der Waals surface area (Å²) >= 11 is 12.0. The summed E-state index contributed by atoms with van der Waals surface area (Å²) in [5.41, 5.74) is 2.04. The third kappa shape index (κ3) is 5.15. The van der Waals surface area contributed by atoms with Crippen LogP contribution in [0.25, 0.3) is 0 Å². The lowest BCUT2D eigenvalue weighted by Crippen LogP contribution is -2.31. The fraction of sp³-hybridized carbons (Fsp3) is 0.176. The van der Waals surface area contributed by atoms with E-state index < -0.39 is 0 Å². The lowest BCUT2D eigenvalue weighted by Gasteiger charge is -2.16. The van der Waals surface area contributed by atoms with Gasteiger partial charge in [-0.05, 0) is 48.9 Å². The van der Waals surface area contributed by atoms with Gasteiger partial charge in [0, 0.05) is 28.3 Å². The molecule has 0 aromatic heterocycles. The van der Waals surface area contributed by atoms with E-state index in [2.05, 4.69) is 16.0 Å². The standard InChI is InChI=1S/C17H17Cl2N3O2/c1-10(15-8-3-12(18)9-16(15)19)20-17(24)22-14-6-4-13(5-7-14)21-11(2)23/h3-10H,1-2H3,(H,21,23)(H2,20,22,24). The highest BCUT2D eigenvalue weighted by Gasteiger charge is 2.13. The smallest absolute Gasteiger partial charge is 0.319 e. The fourth-order valence-corrected chi connectivity index (χ4v) is 2.71. The van der Waals surface area contributed by atoms with E-state index in [1.807, 2.05) is 6.92 Å². The van der Waals surface area contributed by atoms with E-state index in [-0.39, 0.29) is 18.0 Å². The zero-order chi connectivity index (χ0) is 17.7. The van der Waals surface area contributed by atoms with Gasteiger partial charge in [0.25, 0.3) is 0 Å². The number of amides is 3. The molecule has 0 aliphatic rings. The summed E-state index contributed by atoms with van der Waals surface area (Å²) in [6.07, 6.45) is 0. The number of anilines is 2. The average molecular weight is 366 g/mol. The molecule has 2 aromatic rings. The number of rotatable bonds is 4. The summed E-state index contributed by atoms with van der Waals surface area (Å²) in [5, 5.41) is 9.22. The van der Waals surface area contributed by atoms with E-state index in [4.69, 9.17) is 23.2 Å². The van der Waals surface area contributed by atoms with Gasteiger partial charge in [-0.25, -0.2) is 4.79 Å². The van der Waals surface area contributed by atoms with Crippen LogP contribution in [0.2, 0.25) is 10.0 Å². The first kappa shape index (κ1) is 18.1. The minimum absolute atomic E-state index is 0.151. The number of halogens is 2. The van der Waals surface area contributed by atoms with Gasteiger partial charge in [-0.2, -0.15) is 0 Å². The van der Waals surface area contributed by atoms with E-state index in [9.17, 15) is 9.59 Å². The fourth-order valence-electron chi connectivity index (χ4n) is 2.13. The van der Waals surface area contributed by atoms with Crippen molar-refractivity contribution in [3.05, 3.63) is 58.1 Å². The zero-order valence-corrected chi connectivity index (χ0v) is 14.7. The van der Waals surface area contributed by atoms with Crippen LogP contribution in [-0.2, 0) is 4.79 Å². The predicted molar refractivity (Wildman–Crippen MR) is 97.8 cm³/mol. The molecule has 7 heteroatoms. The van der Waals surface area contributed by atoms with Crippen molar-refractivity contribution < 1.29 is 9.59 Å². The van der Waals surface area contributed by atoms with E-state index in [0.29, 0.717) is 21.4 Å². The molecule has 126 valence electrons. The summed E-state index contributed by atoms with van der Waals surface area (Å²) in [5.74, 6) is -0.151. The van der Waals surface area contributed by atoms with Crippen molar-refractivity contribution in [2.45, 2.75) is 19.9 Å². The summed E-state index contributed by atoms with van der Waals surface area (Å²) in [4.78, 5) is 23.0. The van der Waals surface area contributed by atoms with Gasteiger partial charge in [0.2, 0.25) is 5.91 Å². The van der Waals surface area contributed by atoms with Crippen LogP contribution >= 0.6 is 23.2 Å². The maximum Gasteiger partial charge on any atom is 0.319 e. The Morgan fingerprint density at radius 3 is 2.08 bits per heavy atom. The van der Waals surface area contributed by atoms with Crippen LogP contribution in [0.1, 0.15) is 25.5 Å². The van der Waals surface area contributed by atoms with Crippen LogP contribution < -0.4 is 16.0 Å². The van der Waals surface area contributed by atoms with E-state index >= 15 is 0 Å². The van der Waals surface area contributed by atoms with Crippen molar-refractivity contribution in [1.82, 2.24) is 5.32 Å². The maximum atomic E-state index is 12.1. The Labute approximate surface area is 150 Å². The number of nitrogens with one attached hydrogen (secondary N) is 3. The second-order valence-electron chi connectivity index (χ2n) is 5.24. The second-order valence-corrected chi connectivity index (χ2v) is 6.09. The van der Waals surface area contributed by atoms with Gasteiger partial charge in [0.1, 0.15) is 0 Å². The molecule has 2 rings (SSSR count). The first-order valence-electron chi connectivity index (χ1n) is 7.25. The highest BCUT2D eigenvalue weighted by atomic mass is 35.5. The minimum atomic E-state index is -0.360. The molecule has 0 aliphatic heterocycles. The first-order chi connectivity index (χ1) is 11.3. The van der Waals surface area contributed by atoms with E-state index in [1.54, 1.807) is 42.5 Å². The minimum Gasteiger partial charge on any atom is -0.331 e. The molecular formula is C17H17Cl2N3O2. The molecule has 2 aromatic carbocycles. The van der Waals surface area contributed by atoms with Crippen LogP contribution in [0.4, 0.5) is 16.2 Å². The van der Waals surface area contributed by atoms with Crippen molar-refractivity contribution in [2.24, 2.45) is 0 Å². The van der Waals surface area contributed by atoms with E-state index in [1.165, 1.54) is 6.92 Å². The molecule has 0 bridgehead atoms. The Bertz CT molecular complexity index is 748. The predicted octanol–water partition coefficient (Wildman–Crippen LogP) is 4.83. The third-order valence-electron chi connectivity index (χ3n) is 3.24. The number of hydrogen-bond acceptors (Lipinski definition) is 2. The molecule has 3 amide bonds. The highest BCUT2D eigenvalue weighted by molar-refractivity contribution is 6.35. The molecule has 0 spiro atoms. The quantitative estimate of drug-likeness (QED) is 0.725. The third-order valence-corrected chi connectivity index (χ3v) is 3.80. The molecule has 24 heavy (non-hydrogen) atoms.